The third kappa shape index (κ3) is 4.34. The molecule has 0 fully saturated rings. The second-order valence-electron chi connectivity index (χ2n) is 5.74. The summed E-state index contributed by atoms with van der Waals surface area (Å²) in [5.41, 5.74) is 1.97. The Morgan fingerprint density at radius 1 is 1.23 bits per heavy atom. The van der Waals surface area contributed by atoms with Crippen LogP contribution in [0.15, 0.2) is 30.3 Å². The second kappa shape index (κ2) is 8.39. The lowest BCUT2D eigenvalue weighted by atomic mass is 10.1. The molecule has 0 atom stereocenters. The summed E-state index contributed by atoms with van der Waals surface area (Å²) in [6.07, 6.45) is 0. The molecule has 0 unspecified atom stereocenters. The van der Waals surface area contributed by atoms with Crippen molar-refractivity contribution in [2.24, 2.45) is 0 Å². The Kier molecular flexibility index (Phi) is 6.24. The van der Waals surface area contributed by atoms with Gasteiger partial charge in [-0.1, -0.05) is 6.07 Å². The molecule has 1 aromatic heterocycles. The van der Waals surface area contributed by atoms with Crippen LogP contribution in [0.4, 0.5) is 5.69 Å². The Bertz CT molecular complexity index is 840. The zero-order valence-electron chi connectivity index (χ0n) is 14.9. The fourth-order valence-corrected chi connectivity index (χ4v) is 2.65. The van der Waals surface area contributed by atoms with Gasteiger partial charge in [-0.15, -0.1) is 0 Å². The van der Waals surface area contributed by atoms with E-state index >= 15 is 0 Å². The molecule has 2 rings (SSSR count). The maximum atomic E-state index is 12.4. The molecule has 0 N–H and O–H groups in total. The molecule has 0 radical (unpaired) electrons. The number of esters is 1. The molecular formula is C18H20N2O6. The van der Waals surface area contributed by atoms with Crippen molar-refractivity contribution >= 4 is 17.4 Å². The number of nitrogens with zero attached hydrogens (tertiary/aromatic N) is 2. The van der Waals surface area contributed by atoms with E-state index in [1.165, 1.54) is 18.2 Å². The zero-order valence-corrected chi connectivity index (χ0v) is 14.9. The van der Waals surface area contributed by atoms with Crippen molar-refractivity contribution < 1.29 is 24.0 Å². The van der Waals surface area contributed by atoms with Gasteiger partial charge in [0.2, 0.25) is 5.78 Å². The minimum absolute atomic E-state index is 0.0255. The number of carbonyl (C=O) groups excluding carboxylic acids is 2. The fraction of sp³-hybridized carbons (Fsp3) is 0.333. The lowest BCUT2D eigenvalue weighted by molar-refractivity contribution is -0.384. The summed E-state index contributed by atoms with van der Waals surface area (Å²) >= 11 is 0. The minimum Gasteiger partial charge on any atom is -0.454 e. The van der Waals surface area contributed by atoms with Crippen molar-refractivity contribution in [2.45, 2.75) is 20.4 Å². The molecule has 0 aliphatic heterocycles. The van der Waals surface area contributed by atoms with Crippen LogP contribution in [0, 0.1) is 24.0 Å². The van der Waals surface area contributed by atoms with Crippen molar-refractivity contribution in [1.29, 1.82) is 0 Å². The van der Waals surface area contributed by atoms with E-state index in [0.717, 1.165) is 17.5 Å². The molecule has 0 saturated heterocycles. The maximum absolute atomic E-state index is 12.4. The van der Waals surface area contributed by atoms with E-state index in [-0.39, 0.29) is 17.0 Å². The standard InChI is InChI=1S/C18H20N2O6/c1-12-9-16(13(2)19(12)7-8-25-3)17(21)11-26-18(22)14-5-4-6-15(10-14)20(23)24/h4-6,9-10H,7-8,11H2,1-3H3. The number of benzene rings is 1. The number of non-ortho nitro benzene ring substituents is 1. The van der Waals surface area contributed by atoms with E-state index < -0.39 is 17.5 Å². The lowest BCUT2D eigenvalue weighted by Crippen LogP contribution is -2.15. The van der Waals surface area contributed by atoms with Gasteiger partial charge in [0.15, 0.2) is 6.61 Å². The molecule has 1 aromatic carbocycles. The second-order valence-corrected chi connectivity index (χ2v) is 5.74. The van der Waals surface area contributed by atoms with Gasteiger partial charge in [-0.05, 0) is 26.0 Å². The predicted octanol–water partition coefficient (Wildman–Crippen LogP) is 2.70. The summed E-state index contributed by atoms with van der Waals surface area (Å²) < 4.78 is 12.0. The van der Waals surface area contributed by atoms with E-state index in [4.69, 9.17) is 9.47 Å². The molecule has 0 spiro atoms. The Balaban J connectivity index is 2.06. The van der Waals surface area contributed by atoms with Crippen LogP contribution in [0.25, 0.3) is 0 Å². The van der Waals surface area contributed by atoms with Crippen molar-refractivity contribution in [3.05, 3.63) is 63.0 Å². The van der Waals surface area contributed by atoms with Crippen LogP contribution in [0.5, 0.6) is 0 Å². The third-order valence-corrected chi connectivity index (χ3v) is 4.02. The van der Waals surface area contributed by atoms with Crippen LogP contribution in [0.3, 0.4) is 0 Å². The van der Waals surface area contributed by atoms with Crippen molar-refractivity contribution in [3.8, 4) is 0 Å². The lowest BCUT2D eigenvalue weighted by Gasteiger charge is -2.09. The summed E-state index contributed by atoms with van der Waals surface area (Å²) in [6, 6.07) is 6.92. The number of nitro groups is 1. The molecule has 0 aliphatic carbocycles. The van der Waals surface area contributed by atoms with Gasteiger partial charge in [-0.25, -0.2) is 4.79 Å². The molecule has 0 aliphatic rings. The highest BCUT2D eigenvalue weighted by molar-refractivity contribution is 6.00. The average Bonchev–Trinajstić information content (AvgIpc) is 2.91. The Morgan fingerprint density at radius 3 is 2.62 bits per heavy atom. The summed E-state index contributed by atoms with van der Waals surface area (Å²) in [5.74, 6) is -1.12. The highest BCUT2D eigenvalue weighted by Crippen LogP contribution is 2.17. The smallest absolute Gasteiger partial charge is 0.338 e. The topological polar surface area (TPSA) is 101 Å². The van der Waals surface area contributed by atoms with Gasteiger partial charge >= 0.3 is 5.97 Å². The largest absolute Gasteiger partial charge is 0.454 e. The van der Waals surface area contributed by atoms with Gasteiger partial charge in [0, 0.05) is 42.7 Å². The van der Waals surface area contributed by atoms with Crippen LogP contribution in [0.2, 0.25) is 0 Å². The number of ether oxygens (including phenoxy) is 2. The quantitative estimate of drug-likeness (QED) is 0.310. The third-order valence-electron chi connectivity index (χ3n) is 4.02. The fourth-order valence-electron chi connectivity index (χ4n) is 2.65. The number of rotatable bonds is 8. The van der Waals surface area contributed by atoms with Gasteiger partial charge < -0.3 is 14.0 Å². The number of aromatic nitrogens is 1. The Labute approximate surface area is 150 Å². The van der Waals surface area contributed by atoms with Gasteiger partial charge in [0.25, 0.3) is 5.69 Å². The first kappa shape index (κ1) is 19.3. The summed E-state index contributed by atoms with van der Waals surface area (Å²) in [7, 11) is 1.60. The van der Waals surface area contributed by atoms with Gasteiger partial charge in [0.1, 0.15) is 0 Å². The van der Waals surface area contributed by atoms with E-state index in [9.17, 15) is 19.7 Å². The monoisotopic (exact) mass is 360 g/mol. The molecule has 138 valence electrons. The first-order valence-electron chi connectivity index (χ1n) is 7.95. The van der Waals surface area contributed by atoms with E-state index in [2.05, 4.69) is 0 Å². The maximum Gasteiger partial charge on any atom is 0.338 e. The average molecular weight is 360 g/mol. The Morgan fingerprint density at radius 2 is 1.96 bits per heavy atom. The molecule has 8 heteroatoms. The number of hydrogen-bond donors (Lipinski definition) is 0. The summed E-state index contributed by atoms with van der Waals surface area (Å²) in [6.45, 7) is 4.41. The number of carbonyl (C=O) groups is 2. The van der Waals surface area contributed by atoms with Crippen LogP contribution in [-0.2, 0) is 16.0 Å². The number of aryl methyl sites for hydroxylation is 1. The van der Waals surface area contributed by atoms with Crippen molar-refractivity contribution in [1.82, 2.24) is 4.57 Å². The first-order valence-corrected chi connectivity index (χ1v) is 7.95. The SMILES string of the molecule is COCCn1c(C)cc(C(=O)COC(=O)c2cccc([N+](=O)[O-])c2)c1C. The summed E-state index contributed by atoms with van der Waals surface area (Å²) in [4.78, 5) is 34.6. The molecule has 0 saturated carbocycles. The molecule has 0 amide bonds. The number of nitro benzene ring substituents is 1. The van der Waals surface area contributed by atoms with Crippen molar-refractivity contribution in [3.63, 3.8) is 0 Å². The molecule has 1 heterocycles. The van der Waals surface area contributed by atoms with Crippen LogP contribution in [-0.4, -0.2) is 41.6 Å². The van der Waals surface area contributed by atoms with Crippen LogP contribution < -0.4 is 0 Å². The number of methoxy groups -OCH3 is 1. The molecular weight excluding hydrogens is 340 g/mol. The van der Waals surface area contributed by atoms with Gasteiger partial charge in [-0.2, -0.15) is 0 Å². The van der Waals surface area contributed by atoms with Crippen LogP contribution in [0.1, 0.15) is 32.1 Å². The molecule has 2 aromatic rings. The number of ketones is 1. The zero-order chi connectivity index (χ0) is 19.3. The van der Waals surface area contributed by atoms with Gasteiger partial charge in [0.05, 0.1) is 17.1 Å². The summed E-state index contributed by atoms with van der Waals surface area (Å²) in [5, 5.41) is 10.8. The highest BCUT2D eigenvalue weighted by Gasteiger charge is 2.18. The van der Waals surface area contributed by atoms with E-state index in [1.807, 2.05) is 18.4 Å². The predicted molar refractivity (Wildman–Crippen MR) is 93.5 cm³/mol. The molecule has 8 nitrogen and oxygen atoms in total. The first-order chi connectivity index (χ1) is 12.3. The van der Waals surface area contributed by atoms with Gasteiger partial charge in [-0.3, -0.25) is 14.9 Å². The Hall–Kier alpha value is -3.00. The van der Waals surface area contributed by atoms with E-state index in [0.29, 0.717) is 18.7 Å². The number of hydrogen-bond acceptors (Lipinski definition) is 6. The normalized spacial score (nSPS) is 10.6. The molecule has 0 bridgehead atoms. The van der Waals surface area contributed by atoms with Crippen LogP contribution >= 0.6 is 0 Å². The molecule has 26 heavy (non-hydrogen) atoms. The minimum atomic E-state index is -0.782. The van der Waals surface area contributed by atoms with Crippen molar-refractivity contribution in [2.75, 3.05) is 20.3 Å². The van der Waals surface area contributed by atoms with E-state index in [1.54, 1.807) is 13.2 Å². The number of Topliss-reactive ketones (excluding diaryl/α,β-unsaturated/α-hetero) is 1. The highest BCUT2D eigenvalue weighted by atomic mass is 16.6.